The molecule has 1 heterocycles. The molecule has 1 aliphatic rings. The van der Waals surface area contributed by atoms with E-state index in [0.29, 0.717) is 11.6 Å². The van der Waals surface area contributed by atoms with E-state index in [2.05, 4.69) is 6.92 Å². The number of nitrogens with zero attached hydrogens (tertiary/aromatic N) is 2. The molecule has 0 radical (unpaired) electrons. The van der Waals surface area contributed by atoms with Crippen LogP contribution >= 0.6 is 11.6 Å². The van der Waals surface area contributed by atoms with Gasteiger partial charge in [-0.3, -0.25) is 9.59 Å². The molecule has 1 aromatic rings. The third kappa shape index (κ3) is 3.86. The molecule has 4 nitrogen and oxygen atoms in total. The normalized spacial score (nSPS) is 17.7. The summed E-state index contributed by atoms with van der Waals surface area (Å²) in [6, 6.07) is 3.87. The van der Waals surface area contributed by atoms with Gasteiger partial charge >= 0.3 is 0 Å². The number of carbonyl (C=O) groups is 2. The zero-order chi connectivity index (χ0) is 17.1. The molecule has 1 aliphatic heterocycles. The van der Waals surface area contributed by atoms with Crippen molar-refractivity contribution in [1.29, 1.82) is 0 Å². The Labute approximate surface area is 143 Å². The monoisotopic (exact) mass is 336 g/mol. The Morgan fingerprint density at radius 2 is 2.09 bits per heavy atom. The van der Waals surface area contributed by atoms with Crippen LogP contribution in [0.3, 0.4) is 0 Å². The van der Waals surface area contributed by atoms with E-state index in [4.69, 9.17) is 11.6 Å². The minimum atomic E-state index is -0.277. The molecule has 0 N–H and O–H groups in total. The topological polar surface area (TPSA) is 40.6 Å². The van der Waals surface area contributed by atoms with Gasteiger partial charge in [-0.15, -0.1) is 0 Å². The summed E-state index contributed by atoms with van der Waals surface area (Å²) in [5.41, 5.74) is 2.78. The summed E-state index contributed by atoms with van der Waals surface area (Å²) >= 11 is 6.35. The summed E-state index contributed by atoms with van der Waals surface area (Å²) in [5.74, 6) is -0.252. The van der Waals surface area contributed by atoms with E-state index in [1.165, 1.54) is 0 Å². The highest BCUT2D eigenvalue weighted by atomic mass is 35.5. The van der Waals surface area contributed by atoms with Gasteiger partial charge in [-0.25, -0.2) is 0 Å². The molecule has 1 aromatic carbocycles. The molecule has 1 atom stereocenters. The van der Waals surface area contributed by atoms with Crippen LogP contribution in [0, 0.1) is 19.8 Å². The van der Waals surface area contributed by atoms with Crippen molar-refractivity contribution < 1.29 is 9.59 Å². The third-order valence-corrected chi connectivity index (χ3v) is 4.65. The lowest BCUT2D eigenvalue weighted by Gasteiger charge is -2.23. The standard InChI is InChI=1S/C18H25ClN2O2/c1-5-6-7-20(4)18(23)14-10-16(22)21(11-14)17-13(3)8-12(2)9-15(17)19/h8-9,14H,5-7,10-11H2,1-4H3. The zero-order valence-corrected chi connectivity index (χ0v) is 15.1. The van der Waals surface area contributed by atoms with Crippen molar-refractivity contribution in [3.05, 3.63) is 28.3 Å². The smallest absolute Gasteiger partial charge is 0.227 e. The van der Waals surface area contributed by atoms with Gasteiger partial charge in [-0.2, -0.15) is 0 Å². The van der Waals surface area contributed by atoms with Gasteiger partial charge in [0, 0.05) is 26.6 Å². The van der Waals surface area contributed by atoms with Crippen LogP contribution < -0.4 is 4.90 Å². The number of anilines is 1. The first-order valence-electron chi connectivity index (χ1n) is 8.17. The lowest BCUT2D eigenvalue weighted by Crippen LogP contribution is -2.35. The highest BCUT2D eigenvalue weighted by Gasteiger charge is 2.37. The number of amides is 2. The summed E-state index contributed by atoms with van der Waals surface area (Å²) in [5, 5.41) is 0.572. The van der Waals surface area contributed by atoms with Crippen molar-refractivity contribution in [2.24, 2.45) is 5.92 Å². The summed E-state index contributed by atoms with van der Waals surface area (Å²) in [4.78, 5) is 28.3. The zero-order valence-electron chi connectivity index (χ0n) is 14.4. The second-order valence-electron chi connectivity index (χ2n) is 6.43. The fraction of sp³-hybridized carbons (Fsp3) is 0.556. The van der Waals surface area contributed by atoms with E-state index < -0.39 is 0 Å². The van der Waals surface area contributed by atoms with Crippen LogP contribution in [0.25, 0.3) is 0 Å². The van der Waals surface area contributed by atoms with Gasteiger partial charge < -0.3 is 9.80 Å². The molecule has 126 valence electrons. The van der Waals surface area contributed by atoms with E-state index in [-0.39, 0.29) is 24.2 Å². The fourth-order valence-electron chi connectivity index (χ4n) is 3.16. The predicted octanol–water partition coefficient (Wildman–Crippen LogP) is 3.57. The fourth-order valence-corrected chi connectivity index (χ4v) is 3.58. The number of carbonyl (C=O) groups excluding carboxylic acids is 2. The van der Waals surface area contributed by atoms with Crippen LogP contribution in [0.15, 0.2) is 12.1 Å². The summed E-state index contributed by atoms with van der Waals surface area (Å²) in [6.07, 6.45) is 2.29. The number of halogens is 1. The molecule has 23 heavy (non-hydrogen) atoms. The molecule has 1 fully saturated rings. The van der Waals surface area contributed by atoms with Crippen LogP contribution in [-0.2, 0) is 9.59 Å². The summed E-state index contributed by atoms with van der Waals surface area (Å²) in [6.45, 7) is 7.18. The number of benzene rings is 1. The van der Waals surface area contributed by atoms with Gasteiger partial charge in [0.1, 0.15) is 0 Å². The van der Waals surface area contributed by atoms with Gasteiger partial charge in [0.2, 0.25) is 11.8 Å². The maximum atomic E-state index is 12.5. The van der Waals surface area contributed by atoms with Crippen molar-refractivity contribution >= 4 is 29.1 Å². The number of hydrogen-bond donors (Lipinski definition) is 0. The van der Waals surface area contributed by atoms with Gasteiger partial charge in [-0.05, 0) is 37.5 Å². The Morgan fingerprint density at radius 1 is 1.39 bits per heavy atom. The molecule has 2 amide bonds. The van der Waals surface area contributed by atoms with E-state index in [1.807, 2.05) is 33.0 Å². The summed E-state index contributed by atoms with van der Waals surface area (Å²) in [7, 11) is 1.81. The molecule has 1 saturated heterocycles. The average Bonchev–Trinajstić information content (AvgIpc) is 2.85. The van der Waals surface area contributed by atoms with Gasteiger partial charge in [0.25, 0.3) is 0 Å². The van der Waals surface area contributed by atoms with Crippen molar-refractivity contribution in [1.82, 2.24) is 4.90 Å². The number of rotatable bonds is 5. The third-order valence-electron chi connectivity index (χ3n) is 4.37. The molecule has 0 aromatic heterocycles. The molecular weight excluding hydrogens is 312 g/mol. The quantitative estimate of drug-likeness (QED) is 0.824. The molecule has 2 rings (SSSR count). The maximum absolute atomic E-state index is 12.5. The van der Waals surface area contributed by atoms with Crippen LogP contribution in [0.4, 0.5) is 5.69 Å². The molecule has 0 aliphatic carbocycles. The number of aryl methyl sites for hydroxylation is 2. The van der Waals surface area contributed by atoms with Gasteiger partial charge in [-0.1, -0.05) is 31.0 Å². The molecule has 0 bridgehead atoms. The first-order valence-corrected chi connectivity index (χ1v) is 8.55. The van der Waals surface area contributed by atoms with E-state index in [1.54, 1.807) is 9.80 Å². The first kappa shape index (κ1) is 17.8. The van der Waals surface area contributed by atoms with E-state index in [9.17, 15) is 9.59 Å². The second kappa shape index (κ2) is 7.35. The van der Waals surface area contributed by atoms with Gasteiger partial charge in [0.05, 0.1) is 16.6 Å². The minimum Gasteiger partial charge on any atom is -0.345 e. The SMILES string of the molecule is CCCCN(C)C(=O)C1CC(=O)N(c2c(C)cc(C)cc2Cl)C1. The predicted molar refractivity (Wildman–Crippen MR) is 93.9 cm³/mol. The Kier molecular flexibility index (Phi) is 5.69. The Morgan fingerprint density at radius 3 is 2.70 bits per heavy atom. The van der Waals surface area contributed by atoms with E-state index >= 15 is 0 Å². The van der Waals surface area contributed by atoms with Crippen molar-refractivity contribution in [2.45, 2.75) is 40.0 Å². The lowest BCUT2D eigenvalue weighted by atomic mass is 10.1. The largest absolute Gasteiger partial charge is 0.345 e. The molecule has 0 saturated carbocycles. The Hall–Kier alpha value is -1.55. The van der Waals surface area contributed by atoms with Gasteiger partial charge in [0.15, 0.2) is 0 Å². The highest BCUT2D eigenvalue weighted by Crippen LogP contribution is 2.35. The number of unbranched alkanes of at least 4 members (excludes halogenated alkanes) is 1. The van der Waals surface area contributed by atoms with Crippen LogP contribution in [0.2, 0.25) is 5.02 Å². The molecule has 5 heteroatoms. The van der Waals surface area contributed by atoms with Crippen LogP contribution in [-0.4, -0.2) is 36.9 Å². The van der Waals surface area contributed by atoms with Crippen LogP contribution in [0.1, 0.15) is 37.3 Å². The average molecular weight is 337 g/mol. The van der Waals surface area contributed by atoms with Crippen molar-refractivity contribution in [3.63, 3.8) is 0 Å². The van der Waals surface area contributed by atoms with Crippen molar-refractivity contribution in [3.8, 4) is 0 Å². The van der Waals surface area contributed by atoms with Crippen molar-refractivity contribution in [2.75, 3.05) is 25.0 Å². The first-order chi connectivity index (χ1) is 10.8. The molecular formula is C18H25ClN2O2. The highest BCUT2D eigenvalue weighted by molar-refractivity contribution is 6.34. The maximum Gasteiger partial charge on any atom is 0.227 e. The second-order valence-corrected chi connectivity index (χ2v) is 6.84. The Balaban J connectivity index is 2.16. The van der Waals surface area contributed by atoms with E-state index in [0.717, 1.165) is 36.2 Å². The molecule has 1 unspecified atom stereocenters. The lowest BCUT2D eigenvalue weighted by molar-refractivity contribution is -0.134. The minimum absolute atomic E-state index is 0.0268. The van der Waals surface area contributed by atoms with Crippen LogP contribution in [0.5, 0.6) is 0 Å². The Bertz CT molecular complexity index is 592. The number of hydrogen-bond acceptors (Lipinski definition) is 2. The molecule has 0 spiro atoms. The summed E-state index contributed by atoms with van der Waals surface area (Å²) < 4.78 is 0.